The van der Waals surface area contributed by atoms with Crippen LogP contribution >= 0.6 is 12.2 Å². The van der Waals surface area contributed by atoms with Gasteiger partial charge in [0.05, 0.1) is 19.8 Å². The number of carbonyl (C=O) groups is 1. The summed E-state index contributed by atoms with van der Waals surface area (Å²) in [7, 11) is 1.39. The molecule has 3 atom stereocenters. The lowest BCUT2D eigenvalue weighted by Gasteiger charge is -2.55. The summed E-state index contributed by atoms with van der Waals surface area (Å²) >= 11 is 5.71. The van der Waals surface area contributed by atoms with E-state index in [1.54, 1.807) is 0 Å². The summed E-state index contributed by atoms with van der Waals surface area (Å²) < 4.78 is 17.5. The van der Waals surface area contributed by atoms with Gasteiger partial charge in [-0.1, -0.05) is 29.8 Å². The number of ether oxygens (including phenoxy) is 3. The number of fused-ring (bicyclic) bond motifs is 4. The maximum absolute atomic E-state index is 12.9. The average molecular weight is 413 g/mol. The van der Waals surface area contributed by atoms with Crippen molar-refractivity contribution in [3.8, 4) is 11.5 Å². The van der Waals surface area contributed by atoms with Gasteiger partial charge in [-0.25, -0.2) is 0 Å². The number of aryl methyl sites for hydroxylation is 1. The molecule has 2 aromatic carbocycles. The molecule has 152 valence electrons. The molecular weight excluding hydrogens is 388 g/mol. The topological polar surface area (TPSA) is 60.0 Å². The van der Waals surface area contributed by atoms with Crippen molar-refractivity contribution in [3.05, 3.63) is 53.6 Å². The second-order valence-electron chi connectivity index (χ2n) is 7.36. The van der Waals surface area contributed by atoms with Crippen LogP contribution in [0.25, 0.3) is 0 Å². The first kappa shape index (κ1) is 19.5. The summed E-state index contributed by atoms with van der Waals surface area (Å²) in [5.74, 6) is 0.263. The third-order valence-corrected chi connectivity index (χ3v) is 5.84. The lowest BCUT2D eigenvalue weighted by Crippen LogP contribution is -2.71. The Kier molecular flexibility index (Phi) is 4.86. The smallest absolute Gasteiger partial charge is 0.317 e. The van der Waals surface area contributed by atoms with E-state index in [1.807, 2.05) is 68.1 Å². The molecule has 2 aliphatic heterocycles. The van der Waals surface area contributed by atoms with E-state index in [4.69, 9.17) is 26.4 Å². The molecule has 2 bridgehead atoms. The van der Waals surface area contributed by atoms with E-state index in [-0.39, 0.29) is 12.0 Å². The number of thiocarbonyl (C=S) groups is 1. The number of rotatable bonds is 4. The number of hydrogen-bond donors (Lipinski definition) is 1. The molecule has 0 amide bonds. The van der Waals surface area contributed by atoms with Crippen LogP contribution < -0.4 is 19.7 Å². The van der Waals surface area contributed by atoms with E-state index in [2.05, 4.69) is 5.32 Å². The summed E-state index contributed by atoms with van der Waals surface area (Å²) in [6, 6.07) is 13.2. The molecule has 6 nitrogen and oxygen atoms in total. The van der Waals surface area contributed by atoms with E-state index in [0.29, 0.717) is 23.2 Å². The molecule has 29 heavy (non-hydrogen) atoms. The number of nitrogens with zero attached hydrogens (tertiary/aromatic N) is 1. The molecule has 7 heteroatoms. The maximum Gasteiger partial charge on any atom is 0.317 e. The number of hydrogen-bond acceptors (Lipinski definition) is 5. The summed E-state index contributed by atoms with van der Waals surface area (Å²) in [6.45, 7) is 6.33. The zero-order chi connectivity index (χ0) is 20.8. The third-order valence-electron chi connectivity index (χ3n) is 5.54. The number of nitrogens with one attached hydrogen (secondary N) is 1. The number of carbonyl (C=O) groups excluding carboxylic acids is 1. The lowest BCUT2D eigenvalue weighted by atomic mass is 9.79. The Balaban J connectivity index is 1.91. The first-order chi connectivity index (χ1) is 13.9. The minimum Gasteiger partial charge on any atom is -0.490 e. The van der Waals surface area contributed by atoms with Gasteiger partial charge in [0.25, 0.3) is 0 Å². The van der Waals surface area contributed by atoms with Gasteiger partial charge in [-0.15, -0.1) is 0 Å². The molecular formula is C22H24N2O4S. The zero-order valence-electron chi connectivity index (χ0n) is 16.9. The second kappa shape index (κ2) is 7.22. The molecule has 0 radical (unpaired) electrons. The Labute approximate surface area is 175 Å². The highest BCUT2D eigenvalue weighted by atomic mass is 32.1. The number of methoxy groups -OCH3 is 1. The molecule has 0 spiro atoms. The fourth-order valence-electron chi connectivity index (χ4n) is 4.21. The van der Waals surface area contributed by atoms with E-state index in [9.17, 15) is 4.79 Å². The Bertz CT molecular complexity index is 962. The van der Waals surface area contributed by atoms with Gasteiger partial charge < -0.3 is 19.5 Å². The number of para-hydroxylation sites is 1. The van der Waals surface area contributed by atoms with Gasteiger partial charge in [-0.05, 0) is 51.2 Å². The summed E-state index contributed by atoms with van der Waals surface area (Å²) in [6.07, 6.45) is 0. The van der Waals surface area contributed by atoms with Crippen LogP contribution in [-0.4, -0.2) is 30.5 Å². The van der Waals surface area contributed by atoms with Crippen molar-refractivity contribution in [1.82, 2.24) is 5.32 Å². The van der Waals surface area contributed by atoms with Crippen LogP contribution in [0.5, 0.6) is 11.5 Å². The van der Waals surface area contributed by atoms with E-state index < -0.39 is 11.6 Å². The van der Waals surface area contributed by atoms with Crippen molar-refractivity contribution >= 4 is 29.0 Å². The van der Waals surface area contributed by atoms with Crippen LogP contribution in [0.15, 0.2) is 42.5 Å². The highest BCUT2D eigenvalue weighted by Crippen LogP contribution is 2.52. The van der Waals surface area contributed by atoms with Crippen molar-refractivity contribution in [3.63, 3.8) is 0 Å². The van der Waals surface area contributed by atoms with E-state index >= 15 is 0 Å². The Morgan fingerprint density at radius 1 is 1.28 bits per heavy atom. The van der Waals surface area contributed by atoms with Crippen LogP contribution in [0, 0.1) is 12.8 Å². The normalized spacial score (nSPS) is 24.8. The van der Waals surface area contributed by atoms with Gasteiger partial charge in [-0.2, -0.15) is 0 Å². The average Bonchev–Trinajstić information content (AvgIpc) is 2.69. The van der Waals surface area contributed by atoms with Crippen LogP contribution in [0.1, 0.15) is 31.0 Å². The molecule has 2 heterocycles. The van der Waals surface area contributed by atoms with Crippen molar-refractivity contribution in [2.24, 2.45) is 5.92 Å². The van der Waals surface area contributed by atoms with E-state index in [0.717, 1.165) is 16.8 Å². The number of anilines is 1. The molecule has 1 N–H and O–H groups in total. The fraction of sp³-hybridized carbons (Fsp3) is 0.364. The molecule has 1 saturated heterocycles. The first-order valence-corrected chi connectivity index (χ1v) is 10.0. The van der Waals surface area contributed by atoms with Gasteiger partial charge in [0.15, 0.2) is 16.6 Å². The van der Waals surface area contributed by atoms with Crippen LogP contribution in [0.4, 0.5) is 5.69 Å². The predicted octanol–water partition coefficient (Wildman–Crippen LogP) is 3.73. The largest absolute Gasteiger partial charge is 0.490 e. The van der Waals surface area contributed by atoms with Crippen molar-refractivity contribution < 1.29 is 19.0 Å². The Hall–Kier alpha value is -2.80. The second-order valence-corrected chi connectivity index (χ2v) is 7.75. The maximum atomic E-state index is 12.9. The quantitative estimate of drug-likeness (QED) is 0.607. The van der Waals surface area contributed by atoms with Crippen LogP contribution in [-0.2, 0) is 9.53 Å². The number of esters is 1. The molecule has 0 aliphatic carbocycles. The minimum atomic E-state index is -1.09. The first-order valence-electron chi connectivity index (χ1n) is 9.60. The van der Waals surface area contributed by atoms with Gasteiger partial charge in [-0.3, -0.25) is 9.69 Å². The van der Waals surface area contributed by atoms with Gasteiger partial charge in [0, 0.05) is 11.3 Å². The Morgan fingerprint density at radius 3 is 2.66 bits per heavy atom. The van der Waals surface area contributed by atoms with Crippen molar-refractivity contribution in [1.29, 1.82) is 0 Å². The van der Waals surface area contributed by atoms with Gasteiger partial charge in [0.1, 0.15) is 5.92 Å². The molecule has 0 saturated carbocycles. The lowest BCUT2D eigenvalue weighted by molar-refractivity contribution is -0.157. The van der Waals surface area contributed by atoms with Crippen LogP contribution in [0.2, 0.25) is 0 Å². The van der Waals surface area contributed by atoms with E-state index in [1.165, 1.54) is 7.11 Å². The third kappa shape index (κ3) is 3.00. The summed E-state index contributed by atoms with van der Waals surface area (Å²) in [5.41, 5.74) is 1.70. The molecule has 4 rings (SSSR count). The van der Waals surface area contributed by atoms with Gasteiger partial charge >= 0.3 is 5.97 Å². The standard InChI is InChI=1S/C22H24N2O4S/c1-5-27-16-8-6-7-15-18-17(20(25)26-4)22(3,28-19(15)16)24(21(29)23-18)14-11-9-13(2)10-12-14/h6-12,17-18H,5H2,1-4H3,(H,23,29)/t17-,18-,22-/m0/s1. The monoisotopic (exact) mass is 412 g/mol. The summed E-state index contributed by atoms with van der Waals surface area (Å²) in [4.78, 5) is 14.8. The van der Waals surface area contributed by atoms with Crippen LogP contribution in [0.3, 0.4) is 0 Å². The molecule has 2 aromatic rings. The molecule has 1 fully saturated rings. The zero-order valence-corrected chi connectivity index (χ0v) is 17.7. The molecule has 0 unspecified atom stereocenters. The predicted molar refractivity (Wildman–Crippen MR) is 114 cm³/mol. The number of benzene rings is 2. The fourth-order valence-corrected chi connectivity index (χ4v) is 4.62. The highest BCUT2D eigenvalue weighted by molar-refractivity contribution is 7.80. The SMILES string of the molecule is CCOc1cccc2c1O[C@@]1(C)[C@H](C(=O)OC)[C@H]2NC(=S)N1c1ccc(C)cc1. The van der Waals surface area contributed by atoms with Crippen molar-refractivity contribution in [2.75, 3.05) is 18.6 Å². The molecule has 2 aliphatic rings. The molecule has 0 aromatic heterocycles. The minimum absolute atomic E-state index is 0.364. The van der Waals surface area contributed by atoms with Gasteiger partial charge in [0.2, 0.25) is 5.72 Å². The Morgan fingerprint density at radius 2 is 2.00 bits per heavy atom. The highest BCUT2D eigenvalue weighted by Gasteiger charge is 2.60. The van der Waals surface area contributed by atoms with Crippen molar-refractivity contribution in [2.45, 2.75) is 32.5 Å². The summed E-state index contributed by atoms with van der Waals surface area (Å²) in [5, 5.41) is 3.84.